The van der Waals surface area contributed by atoms with Crippen molar-refractivity contribution in [2.24, 2.45) is 0 Å². The second-order valence-electron chi connectivity index (χ2n) is 20.3. The van der Waals surface area contributed by atoms with Crippen LogP contribution in [0.5, 0.6) is 11.5 Å². The van der Waals surface area contributed by atoms with Crippen LogP contribution >= 0.6 is 11.6 Å². The Labute approximate surface area is 426 Å². The Bertz CT molecular complexity index is 2850. The van der Waals surface area contributed by atoms with Gasteiger partial charge in [0.1, 0.15) is 28.2 Å². The normalized spacial score (nSPS) is 19.3. The molecule has 1 unspecified atom stereocenters. The highest BCUT2D eigenvalue weighted by Gasteiger charge is 2.43. The van der Waals surface area contributed by atoms with Crippen molar-refractivity contribution in [1.29, 1.82) is 0 Å². The number of nitrogens with one attached hydrogen (secondary N) is 3. The van der Waals surface area contributed by atoms with E-state index in [0.717, 1.165) is 80.6 Å². The standard InChI is InChI=1S/C53H65ClN8O9S/c1-32(2)70-45-29-38(34(5)26-42(45)57-52-55-30-40(54)49(59-52)56-41-8-6-7-9-46(41)72(67,68)33(3)4)35-13-19-60(20-14-35)23-25-69-24-15-48(64)61-21-17-53(18-22-61)16-12-36-27-39-37(28-44(36)71-53)31-62(51(39)66)43-10-11-47(63)58-50(43)65/h6-9,26-30,32-33,35,43H,10-25,31H2,1-5H3,(H,58,63,65)(H2,55,56,57,59). The molecule has 0 aliphatic carbocycles. The molecule has 0 bridgehead atoms. The number of rotatable bonds is 16. The van der Waals surface area contributed by atoms with Crippen LogP contribution in [0.3, 0.4) is 0 Å². The van der Waals surface area contributed by atoms with Gasteiger partial charge in [0.2, 0.25) is 23.7 Å². The highest BCUT2D eigenvalue weighted by Crippen LogP contribution is 2.43. The molecule has 3 aromatic carbocycles. The summed E-state index contributed by atoms with van der Waals surface area (Å²) in [6.07, 6.45) is 7.23. The van der Waals surface area contributed by atoms with Crippen molar-refractivity contribution < 1.29 is 41.8 Å². The first-order valence-corrected chi connectivity index (χ1v) is 27.2. The van der Waals surface area contributed by atoms with Crippen molar-refractivity contribution in [1.82, 2.24) is 30.0 Å². The van der Waals surface area contributed by atoms with E-state index in [2.05, 4.69) is 49.9 Å². The third-order valence-corrected chi connectivity index (χ3v) is 17.2. The smallest absolute Gasteiger partial charge is 0.255 e. The number of likely N-dealkylation sites (tertiary alicyclic amines) is 2. The van der Waals surface area contributed by atoms with Crippen LogP contribution in [0, 0.1) is 6.92 Å². The zero-order chi connectivity index (χ0) is 50.9. The minimum Gasteiger partial charge on any atom is -0.489 e. The molecule has 1 spiro atoms. The molecule has 6 heterocycles. The first-order valence-electron chi connectivity index (χ1n) is 25.2. The van der Waals surface area contributed by atoms with Crippen molar-refractivity contribution in [3.63, 3.8) is 0 Å². The molecule has 384 valence electrons. The van der Waals surface area contributed by atoms with Gasteiger partial charge in [-0.15, -0.1) is 0 Å². The Morgan fingerprint density at radius 2 is 1.69 bits per heavy atom. The molecule has 5 aliphatic rings. The quantitative estimate of drug-likeness (QED) is 0.0731. The topological polar surface area (TPSA) is 202 Å². The van der Waals surface area contributed by atoms with Crippen molar-refractivity contribution in [3.05, 3.63) is 87.6 Å². The molecule has 4 aromatic rings. The number of imide groups is 1. The Morgan fingerprint density at radius 1 is 0.931 bits per heavy atom. The number of nitrogens with zero attached hydrogens (tertiary/aromatic N) is 5. The van der Waals surface area contributed by atoms with Gasteiger partial charge in [0.25, 0.3) is 5.91 Å². The fourth-order valence-corrected chi connectivity index (χ4v) is 11.9. The monoisotopic (exact) mass is 1020 g/mol. The molecule has 72 heavy (non-hydrogen) atoms. The Kier molecular flexibility index (Phi) is 15.1. The van der Waals surface area contributed by atoms with Gasteiger partial charge in [0.05, 0.1) is 53.5 Å². The maximum Gasteiger partial charge on any atom is 0.255 e. The SMILES string of the molecule is Cc1cc(Nc2ncc(Cl)c(Nc3ccccc3S(=O)(=O)C(C)C)n2)c(OC(C)C)cc1C1CCN(CCOCCC(=O)N2CCC3(CCc4cc5c(cc4O3)CN(C3CCC(=O)NC3=O)C5=O)CC2)CC1. The fourth-order valence-electron chi connectivity index (χ4n) is 10.6. The van der Waals surface area contributed by atoms with Crippen LogP contribution in [-0.2, 0) is 41.9 Å². The van der Waals surface area contributed by atoms with E-state index in [9.17, 15) is 27.6 Å². The third kappa shape index (κ3) is 11.1. The number of aromatic nitrogens is 2. The van der Waals surface area contributed by atoms with E-state index in [1.165, 1.54) is 11.8 Å². The number of piperidine rings is 3. The van der Waals surface area contributed by atoms with E-state index >= 15 is 0 Å². The summed E-state index contributed by atoms with van der Waals surface area (Å²) in [4.78, 5) is 66.0. The molecule has 1 aromatic heterocycles. The van der Waals surface area contributed by atoms with Gasteiger partial charge < -0.3 is 39.5 Å². The maximum atomic E-state index is 13.4. The maximum absolute atomic E-state index is 13.4. The number of hydrogen-bond donors (Lipinski definition) is 3. The van der Waals surface area contributed by atoms with Crippen molar-refractivity contribution in [2.45, 2.75) is 133 Å². The van der Waals surface area contributed by atoms with Crippen molar-refractivity contribution in [2.75, 3.05) is 56.6 Å². The molecule has 5 aliphatic heterocycles. The number of amides is 4. The van der Waals surface area contributed by atoms with Crippen molar-refractivity contribution >= 4 is 68.2 Å². The van der Waals surface area contributed by atoms with Crippen LogP contribution in [0.4, 0.5) is 23.1 Å². The predicted molar refractivity (Wildman–Crippen MR) is 273 cm³/mol. The second kappa shape index (κ2) is 21.3. The van der Waals surface area contributed by atoms with Gasteiger partial charge in [-0.2, -0.15) is 4.98 Å². The van der Waals surface area contributed by atoms with Gasteiger partial charge in [-0.3, -0.25) is 24.5 Å². The number of carbonyl (C=O) groups is 4. The van der Waals surface area contributed by atoms with Crippen LogP contribution in [0.1, 0.15) is 118 Å². The molecule has 4 amide bonds. The molecule has 0 radical (unpaired) electrons. The molecule has 9 rings (SSSR count). The van der Waals surface area contributed by atoms with E-state index in [1.54, 1.807) is 43.0 Å². The van der Waals surface area contributed by atoms with Gasteiger partial charge in [0.15, 0.2) is 15.7 Å². The van der Waals surface area contributed by atoms with Gasteiger partial charge in [-0.25, -0.2) is 13.4 Å². The lowest BCUT2D eigenvalue weighted by Gasteiger charge is -2.44. The van der Waals surface area contributed by atoms with Gasteiger partial charge in [-0.1, -0.05) is 23.7 Å². The summed E-state index contributed by atoms with van der Waals surface area (Å²) in [5, 5.41) is 8.43. The predicted octanol–water partition coefficient (Wildman–Crippen LogP) is 7.63. The summed E-state index contributed by atoms with van der Waals surface area (Å²) in [5.74, 6) is 1.50. The Hall–Kier alpha value is -5.82. The molecule has 3 fully saturated rings. The van der Waals surface area contributed by atoms with E-state index in [1.807, 2.05) is 30.9 Å². The average molecular weight is 1030 g/mol. The number of aryl methyl sites for hydroxylation is 2. The van der Waals surface area contributed by atoms with Crippen LogP contribution in [-0.4, -0.2) is 126 Å². The largest absolute Gasteiger partial charge is 0.489 e. The summed E-state index contributed by atoms with van der Waals surface area (Å²) in [6.45, 7) is 14.4. The fraction of sp³-hybridized carbons (Fsp3) is 0.509. The Morgan fingerprint density at radius 3 is 2.43 bits per heavy atom. The van der Waals surface area contributed by atoms with Crippen LogP contribution in [0.2, 0.25) is 5.02 Å². The molecular formula is C53H65ClN8O9S. The molecule has 3 N–H and O–H groups in total. The molecular weight excluding hydrogens is 960 g/mol. The van der Waals surface area contributed by atoms with Crippen LogP contribution < -0.4 is 25.4 Å². The molecule has 0 saturated carbocycles. The minimum absolute atomic E-state index is 0.0878. The number of sulfone groups is 1. The number of hydrogen-bond acceptors (Lipinski definition) is 14. The summed E-state index contributed by atoms with van der Waals surface area (Å²) >= 11 is 6.53. The summed E-state index contributed by atoms with van der Waals surface area (Å²) in [6, 6.07) is 14.1. The number of para-hydroxylation sites is 1. The zero-order valence-corrected chi connectivity index (χ0v) is 43.3. The summed E-state index contributed by atoms with van der Waals surface area (Å²) < 4.78 is 45.3. The number of carbonyl (C=O) groups excluding carboxylic acids is 4. The van der Waals surface area contributed by atoms with Gasteiger partial charge in [0, 0.05) is 51.0 Å². The number of ether oxygens (including phenoxy) is 3. The average Bonchev–Trinajstić information content (AvgIpc) is 3.66. The first kappa shape index (κ1) is 51.1. The van der Waals surface area contributed by atoms with E-state index < -0.39 is 27.0 Å². The van der Waals surface area contributed by atoms with E-state index in [4.69, 9.17) is 25.8 Å². The number of halogens is 1. The lowest BCUT2D eigenvalue weighted by Crippen LogP contribution is -2.52. The van der Waals surface area contributed by atoms with E-state index in [0.29, 0.717) is 74.3 Å². The van der Waals surface area contributed by atoms with Crippen LogP contribution in [0.25, 0.3) is 0 Å². The first-order chi connectivity index (χ1) is 34.5. The van der Waals surface area contributed by atoms with Crippen molar-refractivity contribution in [3.8, 4) is 11.5 Å². The molecule has 19 heteroatoms. The summed E-state index contributed by atoms with van der Waals surface area (Å²) in [7, 11) is -3.58. The number of benzene rings is 3. The number of anilines is 4. The second-order valence-corrected chi connectivity index (χ2v) is 23.1. The lowest BCUT2D eigenvalue weighted by atomic mass is 9.82. The highest BCUT2D eigenvalue weighted by molar-refractivity contribution is 7.92. The highest BCUT2D eigenvalue weighted by atomic mass is 35.5. The zero-order valence-electron chi connectivity index (χ0n) is 41.7. The molecule has 3 saturated heterocycles. The minimum atomic E-state index is -3.58. The lowest BCUT2D eigenvalue weighted by molar-refractivity contribution is -0.137. The van der Waals surface area contributed by atoms with Gasteiger partial charge in [-0.05, 0) is 144 Å². The van der Waals surface area contributed by atoms with Gasteiger partial charge >= 0.3 is 0 Å². The number of fused-ring (bicyclic) bond motifs is 2. The molecule has 17 nitrogen and oxygen atoms in total. The third-order valence-electron chi connectivity index (χ3n) is 14.7. The summed E-state index contributed by atoms with van der Waals surface area (Å²) in [5.41, 5.74) is 5.47. The van der Waals surface area contributed by atoms with Crippen LogP contribution in [0.15, 0.2) is 59.6 Å². The molecule has 1 atom stereocenters. The van der Waals surface area contributed by atoms with E-state index in [-0.39, 0.29) is 57.5 Å². The Balaban J connectivity index is 0.718.